The molecule has 3 rings (SSSR count). The molecule has 0 saturated carbocycles. The van der Waals surface area contributed by atoms with Crippen LogP contribution in [0.3, 0.4) is 0 Å². The molecule has 0 radical (unpaired) electrons. The molecule has 0 aromatic heterocycles. The predicted octanol–water partition coefficient (Wildman–Crippen LogP) is 1.17. The number of alkyl halides is 1. The van der Waals surface area contributed by atoms with Crippen LogP contribution in [0, 0.1) is 0 Å². The number of halogens is 1. The van der Waals surface area contributed by atoms with E-state index < -0.39 is 37.1 Å². The van der Waals surface area contributed by atoms with E-state index in [1.54, 1.807) is 0 Å². The number of ether oxygens (including phenoxy) is 4. The van der Waals surface area contributed by atoms with Crippen LogP contribution in [-0.4, -0.2) is 49.6 Å². The van der Waals surface area contributed by atoms with Crippen molar-refractivity contribution in [3.05, 3.63) is 35.9 Å². The minimum Gasteiger partial charge on any atom is -0.385 e. The summed E-state index contributed by atoms with van der Waals surface area (Å²) in [5.41, 5.74) is 0.807. The fraction of sp³-hybridized carbons (Fsp3) is 0.571. The first kappa shape index (κ1) is 13.9. The minimum atomic E-state index is -1.58. The molecule has 2 aliphatic rings. The monoisotopic (exact) mass is 284 g/mol. The molecule has 6 unspecified atom stereocenters. The summed E-state index contributed by atoms with van der Waals surface area (Å²) in [6.45, 7) is 0.192. The van der Waals surface area contributed by atoms with Gasteiger partial charge in [-0.25, -0.2) is 4.39 Å². The number of methoxy groups -OCH3 is 1. The Labute approximate surface area is 116 Å². The number of rotatable bonds is 2. The topological polar surface area (TPSA) is 57.2 Å². The van der Waals surface area contributed by atoms with Gasteiger partial charge in [-0.05, 0) is 0 Å². The van der Waals surface area contributed by atoms with Crippen molar-refractivity contribution < 1.29 is 28.4 Å². The van der Waals surface area contributed by atoms with Crippen LogP contribution in [-0.2, 0) is 18.9 Å². The summed E-state index contributed by atoms with van der Waals surface area (Å²) in [6.07, 6.45) is -6.03. The average Bonchev–Trinajstić information content (AvgIpc) is 2.51. The number of hydrogen-bond acceptors (Lipinski definition) is 5. The maximum atomic E-state index is 14.2. The Bertz CT molecular complexity index is 440. The molecule has 2 aliphatic heterocycles. The van der Waals surface area contributed by atoms with Gasteiger partial charge in [0.1, 0.15) is 18.3 Å². The number of benzene rings is 1. The Morgan fingerprint density at radius 1 is 1.25 bits per heavy atom. The molecule has 5 nitrogen and oxygen atoms in total. The summed E-state index contributed by atoms with van der Waals surface area (Å²) in [5.74, 6) is 0. The van der Waals surface area contributed by atoms with Crippen LogP contribution in [0.2, 0.25) is 0 Å². The Morgan fingerprint density at radius 2 is 2.00 bits per heavy atom. The summed E-state index contributed by atoms with van der Waals surface area (Å²) >= 11 is 0. The van der Waals surface area contributed by atoms with Crippen molar-refractivity contribution in [1.29, 1.82) is 0 Å². The largest absolute Gasteiger partial charge is 0.385 e. The zero-order valence-corrected chi connectivity index (χ0v) is 11.0. The Hall–Kier alpha value is -1.05. The van der Waals surface area contributed by atoms with Crippen molar-refractivity contribution >= 4 is 0 Å². The number of aliphatic hydroxyl groups is 1. The second kappa shape index (κ2) is 5.75. The van der Waals surface area contributed by atoms with Crippen molar-refractivity contribution in [3.63, 3.8) is 0 Å². The maximum absolute atomic E-state index is 14.2. The molecule has 2 saturated heterocycles. The van der Waals surface area contributed by atoms with Crippen LogP contribution in [0.1, 0.15) is 11.9 Å². The molecule has 1 aromatic carbocycles. The van der Waals surface area contributed by atoms with Crippen molar-refractivity contribution in [1.82, 2.24) is 0 Å². The molecule has 2 fully saturated rings. The van der Waals surface area contributed by atoms with Crippen LogP contribution in [0.5, 0.6) is 0 Å². The quantitative estimate of drug-likeness (QED) is 0.883. The van der Waals surface area contributed by atoms with Gasteiger partial charge in [0.05, 0.1) is 6.61 Å². The second-order valence-corrected chi connectivity index (χ2v) is 4.89. The Balaban J connectivity index is 1.74. The van der Waals surface area contributed by atoms with Crippen molar-refractivity contribution in [2.45, 2.75) is 37.1 Å². The molecule has 0 spiro atoms. The van der Waals surface area contributed by atoms with Crippen LogP contribution in [0.15, 0.2) is 30.3 Å². The van der Waals surface area contributed by atoms with E-state index in [1.807, 2.05) is 30.3 Å². The molecular weight excluding hydrogens is 267 g/mol. The van der Waals surface area contributed by atoms with E-state index in [1.165, 1.54) is 7.11 Å². The van der Waals surface area contributed by atoms with Crippen molar-refractivity contribution in [2.24, 2.45) is 0 Å². The molecule has 2 heterocycles. The fourth-order valence-corrected chi connectivity index (χ4v) is 2.52. The highest BCUT2D eigenvalue weighted by molar-refractivity contribution is 5.16. The highest BCUT2D eigenvalue weighted by Crippen LogP contribution is 2.35. The van der Waals surface area contributed by atoms with Gasteiger partial charge >= 0.3 is 0 Å². The third-order valence-electron chi connectivity index (χ3n) is 3.59. The predicted molar refractivity (Wildman–Crippen MR) is 66.6 cm³/mol. The normalized spacial score (nSPS) is 41.1. The highest BCUT2D eigenvalue weighted by atomic mass is 19.1. The Morgan fingerprint density at radius 3 is 2.70 bits per heavy atom. The molecule has 20 heavy (non-hydrogen) atoms. The molecule has 0 bridgehead atoms. The maximum Gasteiger partial charge on any atom is 0.186 e. The molecule has 0 amide bonds. The van der Waals surface area contributed by atoms with E-state index in [9.17, 15) is 9.50 Å². The van der Waals surface area contributed by atoms with E-state index >= 15 is 0 Å². The summed E-state index contributed by atoms with van der Waals surface area (Å²) in [4.78, 5) is 0. The summed E-state index contributed by atoms with van der Waals surface area (Å²) in [5, 5.41) is 9.79. The van der Waals surface area contributed by atoms with Gasteiger partial charge in [-0.3, -0.25) is 0 Å². The number of fused-ring (bicyclic) bond motifs is 1. The summed E-state index contributed by atoms with van der Waals surface area (Å²) in [7, 11) is 1.36. The highest BCUT2D eigenvalue weighted by Gasteiger charge is 2.50. The number of hydrogen-bond donors (Lipinski definition) is 1. The average molecular weight is 284 g/mol. The van der Waals surface area contributed by atoms with Gasteiger partial charge in [0.2, 0.25) is 0 Å². The second-order valence-electron chi connectivity index (χ2n) is 4.89. The molecule has 0 aliphatic carbocycles. The van der Waals surface area contributed by atoms with Gasteiger partial charge in [0, 0.05) is 12.7 Å². The molecule has 1 N–H and O–H groups in total. The van der Waals surface area contributed by atoms with E-state index in [0.29, 0.717) is 0 Å². The van der Waals surface area contributed by atoms with Gasteiger partial charge in [-0.2, -0.15) is 0 Å². The van der Waals surface area contributed by atoms with Crippen LogP contribution >= 0.6 is 0 Å². The van der Waals surface area contributed by atoms with Crippen LogP contribution < -0.4 is 0 Å². The Kier molecular flexibility index (Phi) is 4.00. The molecule has 6 heteroatoms. The standard InChI is InChI=1S/C14H17FO5/c1-17-14-11(16)10(15)12-9(19-14)7-18-13(20-12)8-5-3-2-4-6-8/h2-6,9-14,16H,7H2,1H3. The van der Waals surface area contributed by atoms with Gasteiger partial charge < -0.3 is 24.1 Å². The van der Waals surface area contributed by atoms with E-state index in [4.69, 9.17) is 18.9 Å². The van der Waals surface area contributed by atoms with Crippen LogP contribution in [0.4, 0.5) is 4.39 Å². The zero-order chi connectivity index (χ0) is 14.1. The van der Waals surface area contributed by atoms with Crippen molar-refractivity contribution in [3.8, 4) is 0 Å². The molecule has 6 atom stereocenters. The first-order valence-electron chi connectivity index (χ1n) is 6.53. The third-order valence-corrected chi connectivity index (χ3v) is 3.59. The molecular formula is C14H17FO5. The van der Waals surface area contributed by atoms with Crippen LogP contribution in [0.25, 0.3) is 0 Å². The van der Waals surface area contributed by atoms with Gasteiger partial charge in [-0.15, -0.1) is 0 Å². The first-order valence-corrected chi connectivity index (χ1v) is 6.53. The van der Waals surface area contributed by atoms with E-state index in [-0.39, 0.29) is 6.61 Å². The van der Waals surface area contributed by atoms with Gasteiger partial charge in [0.15, 0.2) is 18.8 Å². The minimum absolute atomic E-state index is 0.192. The fourth-order valence-electron chi connectivity index (χ4n) is 2.52. The zero-order valence-electron chi connectivity index (χ0n) is 11.0. The van der Waals surface area contributed by atoms with Gasteiger partial charge in [0.25, 0.3) is 0 Å². The lowest BCUT2D eigenvalue weighted by Gasteiger charge is -2.45. The summed E-state index contributed by atoms with van der Waals surface area (Å²) in [6, 6.07) is 9.28. The SMILES string of the molecule is COC1OC2COC(c3ccccc3)OC2C(F)C1O. The van der Waals surface area contributed by atoms with E-state index in [0.717, 1.165) is 5.56 Å². The summed E-state index contributed by atoms with van der Waals surface area (Å²) < 4.78 is 35.8. The smallest absolute Gasteiger partial charge is 0.186 e. The lowest BCUT2D eigenvalue weighted by atomic mass is 9.99. The molecule has 110 valence electrons. The van der Waals surface area contributed by atoms with Gasteiger partial charge in [-0.1, -0.05) is 30.3 Å². The lowest BCUT2D eigenvalue weighted by Crippen LogP contribution is -2.60. The number of aliphatic hydroxyl groups excluding tert-OH is 1. The lowest BCUT2D eigenvalue weighted by molar-refractivity contribution is -0.350. The first-order chi connectivity index (χ1) is 9.70. The third kappa shape index (κ3) is 2.45. The molecule has 1 aromatic rings. The van der Waals surface area contributed by atoms with Crippen molar-refractivity contribution in [2.75, 3.05) is 13.7 Å². The van der Waals surface area contributed by atoms with E-state index in [2.05, 4.69) is 0 Å².